The first-order valence-electron chi connectivity index (χ1n) is 6.14. The Hall–Kier alpha value is -1.51. The Labute approximate surface area is 102 Å². The van der Waals surface area contributed by atoms with Gasteiger partial charge in [-0.05, 0) is 44.4 Å². The molecule has 0 aromatic carbocycles. The molecule has 1 amide bonds. The van der Waals surface area contributed by atoms with Crippen LogP contribution in [-0.2, 0) is 4.79 Å². The van der Waals surface area contributed by atoms with Gasteiger partial charge >= 0.3 is 0 Å². The van der Waals surface area contributed by atoms with E-state index in [9.17, 15) is 4.79 Å². The number of amides is 1. The molecule has 0 aliphatic heterocycles. The lowest BCUT2D eigenvalue weighted by molar-refractivity contribution is -0.116. The molecule has 0 bridgehead atoms. The van der Waals surface area contributed by atoms with Crippen molar-refractivity contribution in [2.45, 2.75) is 39.2 Å². The molecule has 0 spiro atoms. The first-order valence-corrected chi connectivity index (χ1v) is 6.14. The molecule has 1 saturated carbocycles. The number of carbonyl (C=O) groups is 1. The maximum Gasteiger partial charge on any atom is 0.244 e. The summed E-state index contributed by atoms with van der Waals surface area (Å²) in [4.78, 5) is 11.4. The fourth-order valence-electron chi connectivity index (χ4n) is 1.87. The molecule has 1 aliphatic carbocycles. The van der Waals surface area contributed by atoms with Gasteiger partial charge in [-0.15, -0.1) is 0 Å². The topological polar surface area (TPSA) is 42.2 Å². The van der Waals surface area contributed by atoms with E-state index in [0.717, 1.165) is 17.4 Å². The van der Waals surface area contributed by atoms with E-state index < -0.39 is 0 Å². The molecule has 1 aromatic rings. The average Bonchev–Trinajstić information content (AvgIpc) is 2.78. The van der Waals surface area contributed by atoms with Crippen LogP contribution in [0.3, 0.4) is 0 Å². The van der Waals surface area contributed by atoms with Crippen molar-refractivity contribution in [3.05, 3.63) is 29.7 Å². The zero-order valence-corrected chi connectivity index (χ0v) is 10.6. The Morgan fingerprint density at radius 3 is 2.82 bits per heavy atom. The van der Waals surface area contributed by atoms with E-state index in [1.807, 2.05) is 26.0 Å². The van der Waals surface area contributed by atoms with Crippen LogP contribution < -0.4 is 5.32 Å². The molecule has 17 heavy (non-hydrogen) atoms. The minimum atomic E-state index is -0.0854. The Bertz CT molecular complexity index is 431. The predicted molar refractivity (Wildman–Crippen MR) is 67.5 cm³/mol. The fraction of sp³-hybridized carbons (Fsp3) is 0.500. The van der Waals surface area contributed by atoms with Crippen molar-refractivity contribution in [1.29, 1.82) is 0 Å². The van der Waals surface area contributed by atoms with E-state index in [2.05, 4.69) is 12.2 Å². The molecular weight excluding hydrogens is 214 g/mol. The molecule has 92 valence electrons. The molecule has 2 atom stereocenters. The van der Waals surface area contributed by atoms with E-state index in [-0.39, 0.29) is 11.9 Å². The summed E-state index contributed by atoms with van der Waals surface area (Å²) >= 11 is 0. The minimum Gasteiger partial charge on any atom is -0.461 e. The summed E-state index contributed by atoms with van der Waals surface area (Å²) in [6.45, 7) is 6.09. The molecule has 1 aromatic heterocycles. The summed E-state index contributed by atoms with van der Waals surface area (Å²) in [6, 6.07) is 4.08. The largest absolute Gasteiger partial charge is 0.461 e. The number of carbonyl (C=O) groups excluding carboxylic acids is 1. The van der Waals surface area contributed by atoms with Crippen molar-refractivity contribution in [3.63, 3.8) is 0 Å². The third kappa shape index (κ3) is 3.22. The van der Waals surface area contributed by atoms with Crippen molar-refractivity contribution in [2.75, 3.05) is 0 Å². The van der Waals surface area contributed by atoms with E-state index >= 15 is 0 Å². The third-order valence-electron chi connectivity index (χ3n) is 2.95. The standard InChI is InChI=1S/C14H19NO2/c1-9(2)15-14(16)7-5-11-4-6-13(17-11)12-8-10(12)3/h4-7,9-10,12H,8H2,1-3H3,(H,15,16). The van der Waals surface area contributed by atoms with Crippen LogP contribution in [0.1, 0.15) is 44.6 Å². The Kier molecular flexibility index (Phi) is 3.36. The quantitative estimate of drug-likeness (QED) is 0.812. The van der Waals surface area contributed by atoms with E-state index in [0.29, 0.717) is 5.92 Å². The second-order valence-electron chi connectivity index (χ2n) is 5.06. The van der Waals surface area contributed by atoms with Crippen LogP contribution in [0.5, 0.6) is 0 Å². The third-order valence-corrected chi connectivity index (χ3v) is 2.95. The van der Waals surface area contributed by atoms with E-state index in [1.54, 1.807) is 6.08 Å². The monoisotopic (exact) mass is 233 g/mol. The van der Waals surface area contributed by atoms with Crippen LogP contribution >= 0.6 is 0 Å². The summed E-state index contributed by atoms with van der Waals surface area (Å²) in [7, 11) is 0. The first kappa shape index (κ1) is 12.0. The van der Waals surface area contributed by atoms with E-state index in [1.165, 1.54) is 12.5 Å². The molecule has 0 saturated heterocycles. The second kappa shape index (κ2) is 4.78. The Morgan fingerprint density at radius 2 is 2.24 bits per heavy atom. The van der Waals surface area contributed by atoms with E-state index in [4.69, 9.17) is 4.42 Å². The lowest BCUT2D eigenvalue weighted by Gasteiger charge is -2.03. The molecule has 3 nitrogen and oxygen atoms in total. The smallest absolute Gasteiger partial charge is 0.244 e. The maximum atomic E-state index is 11.4. The summed E-state index contributed by atoms with van der Waals surface area (Å²) in [5.74, 6) is 3.03. The lowest BCUT2D eigenvalue weighted by atomic mass is 10.3. The number of nitrogens with one attached hydrogen (secondary N) is 1. The highest BCUT2D eigenvalue weighted by molar-refractivity contribution is 5.91. The molecule has 3 heteroatoms. The maximum absolute atomic E-state index is 11.4. The zero-order valence-electron chi connectivity index (χ0n) is 10.6. The molecule has 1 heterocycles. The number of rotatable bonds is 4. The van der Waals surface area contributed by atoms with Gasteiger partial charge in [-0.25, -0.2) is 0 Å². The van der Waals surface area contributed by atoms with Gasteiger partial charge in [0, 0.05) is 18.0 Å². The normalized spacial score (nSPS) is 23.3. The van der Waals surface area contributed by atoms with Gasteiger partial charge in [0.25, 0.3) is 0 Å². The van der Waals surface area contributed by atoms with Gasteiger partial charge in [0.05, 0.1) is 0 Å². The Morgan fingerprint density at radius 1 is 1.53 bits per heavy atom. The van der Waals surface area contributed by atoms with Crippen LogP contribution in [0.4, 0.5) is 0 Å². The predicted octanol–water partition coefficient (Wildman–Crippen LogP) is 2.94. The molecule has 1 fully saturated rings. The molecule has 0 radical (unpaired) electrons. The van der Waals surface area contributed by atoms with Crippen LogP contribution in [0.15, 0.2) is 22.6 Å². The summed E-state index contributed by atoms with van der Waals surface area (Å²) < 4.78 is 5.67. The average molecular weight is 233 g/mol. The number of furan rings is 1. The lowest BCUT2D eigenvalue weighted by Crippen LogP contribution is -2.28. The van der Waals surface area contributed by atoms with Crippen molar-refractivity contribution in [2.24, 2.45) is 5.92 Å². The number of hydrogen-bond acceptors (Lipinski definition) is 2. The van der Waals surface area contributed by atoms with Gasteiger partial charge in [-0.3, -0.25) is 4.79 Å². The zero-order chi connectivity index (χ0) is 12.4. The van der Waals surface area contributed by atoms with Crippen molar-refractivity contribution >= 4 is 12.0 Å². The van der Waals surface area contributed by atoms with Crippen LogP contribution in [-0.4, -0.2) is 11.9 Å². The minimum absolute atomic E-state index is 0.0854. The first-order chi connectivity index (χ1) is 8.06. The van der Waals surface area contributed by atoms with Gasteiger partial charge in [-0.2, -0.15) is 0 Å². The van der Waals surface area contributed by atoms with Crippen molar-refractivity contribution < 1.29 is 9.21 Å². The van der Waals surface area contributed by atoms with Crippen LogP contribution in [0.2, 0.25) is 0 Å². The summed E-state index contributed by atoms with van der Waals surface area (Å²) in [6.07, 6.45) is 4.44. The highest BCUT2D eigenvalue weighted by Gasteiger charge is 2.36. The van der Waals surface area contributed by atoms with Crippen LogP contribution in [0.25, 0.3) is 6.08 Å². The summed E-state index contributed by atoms with van der Waals surface area (Å²) in [5, 5.41) is 2.79. The molecule has 1 aliphatic rings. The number of hydrogen-bond donors (Lipinski definition) is 1. The van der Waals surface area contributed by atoms with Gasteiger partial charge in [0.1, 0.15) is 11.5 Å². The highest BCUT2D eigenvalue weighted by Crippen LogP contribution is 2.47. The van der Waals surface area contributed by atoms with Gasteiger partial charge in [-0.1, -0.05) is 6.92 Å². The Balaban J connectivity index is 1.92. The van der Waals surface area contributed by atoms with Gasteiger partial charge in [0.15, 0.2) is 0 Å². The molecule has 2 rings (SSSR count). The molecule has 1 N–H and O–H groups in total. The second-order valence-corrected chi connectivity index (χ2v) is 5.06. The van der Waals surface area contributed by atoms with Gasteiger partial charge < -0.3 is 9.73 Å². The highest BCUT2D eigenvalue weighted by atomic mass is 16.3. The molecular formula is C14H19NO2. The molecule has 2 unspecified atom stereocenters. The van der Waals surface area contributed by atoms with Crippen LogP contribution in [0, 0.1) is 5.92 Å². The van der Waals surface area contributed by atoms with Crippen molar-refractivity contribution in [3.8, 4) is 0 Å². The van der Waals surface area contributed by atoms with Gasteiger partial charge in [0.2, 0.25) is 5.91 Å². The SMILES string of the molecule is CC(C)NC(=O)C=Cc1ccc(C2CC2C)o1. The van der Waals surface area contributed by atoms with Crippen molar-refractivity contribution in [1.82, 2.24) is 5.32 Å². The summed E-state index contributed by atoms with van der Waals surface area (Å²) in [5.41, 5.74) is 0. The fourth-order valence-corrected chi connectivity index (χ4v) is 1.87.